The van der Waals surface area contributed by atoms with Crippen molar-refractivity contribution in [2.24, 2.45) is 11.7 Å². The van der Waals surface area contributed by atoms with E-state index in [1.165, 1.54) is 0 Å². The van der Waals surface area contributed by atoms with Crippen LogP contribution in [0.4, 0.5) is 0 Å². The quantitative estimate of drug-likeness (QED) is 0.622. The number of nitrogens with one attached hydrogen (secondary N) is 1. The lowest BCUT2D eigenvalue weighted by atomic mass is 9.97. The van der Waals surface area contributed by atoms with Gasteiger partial charge in [-0.15, -0.1) is 0 Å². The molecule has 1 aliphatic heterocycles. The molecule has 17 heavy (non-hydrogen) atoms. The second-order valence-corrected chi connectivity index (χ2v) is 5.02. The maximum absolute atomic E-state index is 11.7. The highest BCUT2D eigenvalue weighted by atomic mass is 16.5. The highest BCUT2D eigenvalue weighted by Gasteiger charge is 2.35. The van der Waals surface area contributed by atoms with Crippen LogP contribution in [0.2, 0.25) is 0 Å². The molecule has 0 unspecified atom stereocenters. The van der Waals surface area contributed by atoms with Crippen molar-refractivity contribution in [3.8, 4) is 0 Å². The van der Waals surface area contributed by atoms with Crippen molar-refractivity contribution >= 4 is 5.91 Å². The van der Waals surface area contributed by atoms with Gasteiger partial charge in [0.15, 0.2) is 0 Å². The van der Waals surface area contributed by atoms with Crippen LogP contribution in [0.15, 0.2) is 0 Å². The number of carbonyl (C=O) groups excluding carboxylic acids is 1. The van der Waals surface area contributed by atoms with E-state index in [1.807, 2.05) is 0 Å². The van der Waals surface area contributed by atoms with Gasteiger partial charge in [-0.1, -0.05) is 0 Å². The third-order valence-electron chi connectivity index (χ3n) is 3.56. The number of rotatable bonds is 5. The Morgan fingerprint density at radius 3 is 2.71 bits per heavy atom. The third kappa shape index (κ3) is 3.40. The predicted octanol–water partition coefficient (Wildman–Crippen LogP) is -0.230. The molecule has 0 bridgehead atoms. The van der Waals surface area contributed by atoms with E-state index in [0.717, 1.165) is 32.1 Å². The minimum Gasteiger partial charge on any atom is -0.394 e. The molecule has 2 rings (SSSR count). The van der Waals surface area contributed by atoms with Gasteiger partial charge in [-0.05, 0) is 38.6 Å². The molecule has 4 N–H and O–H groups in total. The van der Waals surface area contributed by atoms with Gasteiger partial charge >= 0.3 is 0 Å². The van der Waals surface area contributed by atoms with Gasteiger partial charge in [0.1, 0.15) is 6.10 Å². The summed E-state index contributed by atoms with van der Waals surface area (Å²) in [7, 11) is 0. The first-order valence-corrected chi connectivity index (χ1v) is 6.51. The Bertz CT molecular complexity index is 268. The molecule has 98 valence electrons. The molecule has 1 saturated carbocycles. The zero-order chi connectivity index (χ0) is 12.3. The first kappa shape index (κ1) is 12.8. The minimum atomic E-state index is -0.275. The van der Waals surface area contributed by atoms with Crippen molar-refractivity contribution in [3.63, 3.8) is 0 Å². The molecular formula is C12H22N2O3. The average Bonchev–Trinajstić information content (AvgIpc) is 3.15. The first-order valence-electron chi connectivity index (χ1n) is 6.51. The molecule has 5 nitrogen and oxygen atoms in total. The maximum atomic E-state index is 11.7. The molecule has 5 heteroatoms. The van der Waals surface area contributed by atoms with Gasteiger partial charge in [0.05, 0.1) is 18.8 Å². The van der Waals surface area contributed by atoms with Gasteiger partial charge in [0, 0.05) is 5.92 Å². The molecule has 3 atom stereocenters. The second kappa shape index (κ2) is 5.80. The third-order valence-corrected chi connectivity index (χ3v) is 3.56. The van der Waals surface area contributed by atoms with Crippen LogP contribution < -0.4 is 11.1 Å². The molecule has 2 fully saturated rings. The Morgan fingerprint density at radius 2 is 2.12 bits per heavy atom. The molecule has 0 aromatic heterocycles. The van der Waals surface area contributed by atoms with E-state index >= 15 is 0 Å². The topological polar surface area (TPSA) is 84.6 Å². The normalized spacial score (nSPS) is 33.4. The van der Waals surface area contributed by atoms with Gasteiger partial charge in [0.25, 0.3) is 0 Å². The fraction of sp³-hybridized carbons (Fsp3) is 0.917. The molecule has 0 radical (unpaired) electrons. The molecule has 1 heterocycles. The molecule has 2 aliphatic rings. The van der Waals surface area contributed by atoms with E-state index in [-0.39, 0.29) is 36.7 Å². The number of aliphatic hydroxyl groups excluding tert-OH is 1. The maximum Gasteiger partial charge on any atom is 0.223 e. The second-order valence-electron chi connectivity index (χ2n) is 5.02. The number of nitrogens with two attached hydrogens (primary N) is 1. The smallest absolute Gasteiger partial charge is 0.223 e. The molecule has 1 aliphatic carbocycles. The lowest BCUT2D eigenvalue weighted by Crippen LogP contribution is -2.51. The number of hydrogen-bond donors (Lipinski definition) is 3. The lowest BCUT2D eigenvalue weighted by molar-refractivity contribution is -0.129. The van der Waals surface area contributed by atoms with E-state index in [9.17, 15) is 9.90 Å². The van der Waals surface area contributed by atoms with E-state index in [2.05, 4.69) is 5.32 Å². The number of hydrogen-bond acceptors (Lipinski definition) is 4. The van der Waals surface area contributed by atoms with Crippen LogP contribution in [-0.2, 0) is 9.53 Å². The van der Waals surface area contributed by atoms with Crippen LogP contribution in [0, 0.1) is 5.92 Å². The Hall–Kier alpha value is -0.650. The summed E-state index contributed by atoms with van der Waals surface area (Å²) in [5.74, 6) is 0.324. The summed E-state index contributed by atoms with van der Waals surface area (Å²) >= 11 is 0. The van der Waals surface area contributed by atoms with Gasteiger partial charge in [-0.2, -0.15) is 0 Å². The van der Waals surface area contributed by atoms with Crippen molar-refractivity contribution in [1.82, 2.24) is 5.32 Å². The Kier molecular flexibility index (Phi) is 4.36. The van der Waals surface area contributed by atoms with Crippen LogP contribution in [0.5, 0.6) is 0 Å². The number of amides is 1. The van der Waals surface area contributed by atoms with Gasteiger partial charge in [-0.3, -0.25) is 4.79 Å². The lowest BCUT2D eigenvalue weighted by Gasteiger charge is -2.36. The fourth-order valence-corrected chi connectivity index (χ4v) is 2.34. The van der Waals surface area contributed by atoms with Crippen LogP contribution in [0.25, 0.3) is 0 Å². The van der Waals surface area contributed by atoms with Crippen LogP contribution in [-0.4, -0.2) is 42.4 Å². The summed E-state index contributed by atoms with van der Waals surface area (Å²) in [5.41, 5.74) is 5.50. The first-order chi connectivity index (χ1) is 8.24. The molecular weight excluding hydrogens is 220 g/mol. The van der Waals surface area contributed by atoms with Crippen molar-refractivity contribution in [2.75, 3.05) is 13.2 Å². The zero-order valence-electron chi connectivity index (χ0n) is 10.1. The van der Waals surface area contributed by atoms with Crippen LogP contribution in [0.3, 0.4) is 0 Å². The summed E-state index contributed by atoms with van der Waals surface area (Å²) in [5, 5.41) is 12.3. The van der Waals surface area contributed by atoms with Gasteiger partial charge < -0.3 is 20.9 Å². The summed E-state index contributed by atoms with van der Waals surface area (Å²) in [6, 6.07) is -0.0397. The minimum absolute atomic E-state index is 0.0397. The number of carbonyl (C=O) groups is 1. The molecule has 0 aromatic rings. The van der Waals surface area contributed by atoms with E-state index in [4.69, 9.17) is 10.5 Å². The van der Waals surface area contributed by atoms with Crippen molar-refractivity contribution in [3.05, 3.63) is 0 Å². The van der Waals surface area contributed by atoms with Crippen molar-refractivity contribution in [2.45, 2.75) is 50.4 Å². The summed E-state index contributed by atoms with van der Waals surface area (Å²) < 4.78 is 5.74. The Balaban J connectivity index is 1.82. The van der Waals surface area contributed by atoms with Gasteiger partial charge in [0.2, 0.25) is 5.91 Å². The number of ether oxygens (including phenoxy) is 1. The summed E-state index contributed by atoms with van der Waals surface area (Å²) in [6.07, 6.45) is 4.45. The van der Waals surface area contributed by atoms with Crippen LogP contribution in [0.1, 0.15) is 32.1 Å². The largest absolute Gasteiger partial charge is 0.394 e. The van der Waals surface area contributed by atoms with Crippen LogP contribution >= 0.6 is 0 Å². The standard InChI is InChI=1S/C12H22N2O3/c13-6-5-9-3-4-10(11(7-15)17-9)14-12(16)8-1-2-8/h8-11,15H,1-7,13H2,(H,14,16)/t9-,10-,11+/m0/s1. The Morgan fingerprint density at radius 1 is 1.35 bits per heavy atom. The van der Waals surface area contributed by atoms with E-state index in [1.54, 1.807) is 0 Å². The molecule has 1 amide bonds. The average molecular weight is 242 g/mol. The highest BCUT2D eigenvalue weighted by Crippen LogP contribution is 2.30. The molecule has 1 saturated heterocycles. The Labute approximate surface area is 102 Å². The molecule has 0 spiro atoms. The fourth-order valence-electron chi connectivity index (χ4n) is 2.34. The highest BCUT2D eigenvalue weighted by molar-refractivity contribution is 5.81. The molecule has 0 aromatic carbocycles. The van der Waals surface area contributed by atoms with Gasteiger partial charge in [-0.25, -0.2) is 0 Å². The van der Waals surface area contributed by atoms with E-state index < -0.39 is 0 Å². The summed E-state index contributed by atoms with van der Waals surface area (Å²) in [4.78, 5) is 11.7. The van der Waals surface area contributed by atoms with Crippen molar-refractivity contribution in [1.29, 1.82) is 0 Å². The zero-order valence-corrected chi connectivity index (χ0v) is 10.1. The van der Waals surface area contributed by atoms with E-state index in [0.29, 0.717) is 6.54 Å². The van der Waals surface area contributed by atoms with Crippen molar-refractivity contribution < 1.29 is 14.6 Å². The SMILES string of the molecule is NCC[C@@H]1CC[C@H](NC(=O)C2CC2)[C@@H](CO)O1. The monoisotopic (exact) mass is 242 g/mol. The summed E-state index contributed by atoms with van der Waals surface area (Å²) in [6.45, 7) is 0.554. The number of aliphatic hydroxyl groups is 1. The predicted molar refractivity (Wildman–Crippen MR) is 63.3 cm³/mol.